The Morgan fingerprint density at radius 2 is 1.77 bits per heavy atom. The fourth-order valence-corrected chi connectivity index (χ4v) is 3.13. The highest BCUT2D eigenvalue weighted by Gasteiger charge is 2.15. The Hall–Kier alpha value is -2.13. The number of para-hydroxylation sites is 2. The summed E-state index contributed by atoms with van der Waals surface area (Å²) < 4.78 is 2.26. The normalized spacial score (nSPS) is 12.0. The second-order valence-electron chi connectivity index (χ2n) is 6.05. The van der Waals surface area contributed by atoms with Gasteiger partial charge in [-0.3, -0.25) is 0 Å². The fraction of sp³-hybridized carbons (Fsp3) is 0.222. The van der Waals surface area contributed by atoms with Crippen LogP contribution in [0, 0.1) is 5.92 Å². The summed E-state index contributed by atoms with van der Waals surface area (Å²) >= 11 is 6.19. The van der Waals surface area contributed by atoms with Gasteiger partial charge in [-0.15, -0.1) is 0 Å². The molecule has 0 unspecified atom stereocenters. The second kappa shape index (κ2) is 4.96. The summed E-state index contributed by atoms with van der Waals surface area (Å²) in [6.45, 7) is 5.33. The minimum Gasteiger partial charge on any atom is -0.324 e. The third-order valence-corrected chi connectivity index (χ3v) is 4.10. The molecule has 2 heterocycles. The maximum atomic E-state index is 6.19. The van der Waals surface area contributed by atoms with Crippen LogP contribution in [0.25, 0.3) is 33.1 Å². The lowest BCUT2D eigenvalue weighted by Crippen LogP contribution is -2.05. The summed E-state index contributed by atoms with van der Waals surface area (Å²) in [6, 6.07) is 14.0. The molecule has 0 saturated heterocycles. The highest BCUT2D eigenvalue weighted by Crippen LogP contribution is 2.30. The highest BCUT2D eigenvalue weighted by molar-refractivity contribution is 6.31. The quantitative estimate of drug-likeness (QED) is 0.519. The Morgan fingerprint density at radius 3 is 2.50 bits per heavy atom. The van der Waals surface area contributed by atoms with Crippen molar-refractivity contribution in [2.75, 3.05) is 0 Å². The van der Waals surface area contributed by atoms with Crippen molar-refractivity contribution in [2.45, 2.75) is 20.4 Å². The molecule has 0 aliphatic carbocycles. The van der Waals surface area contributed by atoms with Crippen LogP contribution in [0.1, 0.15) is 13.8 Å². The molecule has 0 spiro atoms. The summed E-state index contributed by atoms with van der Waals surface area (Å²) in [6.07, 6.45) is 0. The van der Waals surface area contributed by atoms with Crippen molar-refractivity contribution in [1.29, 1.82) is 0 Å². The van der Waals surface area contributed by atoms with Crippen LogP contribution in [0.3, 0.4) is 0 Å². The molecular weight excluding hydrogens is 294 g/mol. The van der Waals surface area contributed by atoms with E-state index in [0.717, 1.165) is 44.7 Å². The van der Waals surface area contributed by atoms with Crippen molar-refractivity contribution in [1.82, 2.24) is 14.5 Å². The van der Waals surface area contributed by atoms with E-state index in [4.69, 9.17) is 21.6 Å². The average molecular weight is 310 g/mol. The second-order valence-corrected chi connectivity index (χ2v) is 6.49. The lowest BCUT2D eigenvalue weighted by molar-refractivity contribution is 0.543. The van der Waals surface area contributed by atoms with Gasteiger partial charge in [0, 0.05) is 17.0 Å². The van der Waals surface area contributed by atoms with Gasteiger partial charge in [-0.2, -0.15) is 0 Å². The molecule has 3 nitrogen and oxygen atoms in total. The first-order valence-corrected chi connectivity index (χ1v) is 7.85. The number of rotatable bonds is 2. The zero-order valence-electron chi connectivity index (χ0n) is 12.5. The van der Waals surface area contributed by atoms with Crippen LogP contribution in [0.2, 0.25) is 5.02 Å². The molecule has 0 atom stereocenters. The van der Waals surface area contributed by atoms with Crippen LogP contribution in [0.4, 0.5) is 0 Å². The van der Waals surface area contributed by atoms with E-state index in [9.17, 15) is 0 Å². The van der Waals surface area contributed by atoms with E-state index in [1.807, 2.05) is 36.4 Å². The topological polar surface area (TPSA) is 30.7 Å². The number of aromatic nitrogens is 3. The molecular formula is C18H16ClN3. The van der Waals surface area contributed by atoms with Gasteiger partial charge < -0.3 is 4.57 Å². The van der Waals surface area contributed by atoms with Crippen molar-refractivity contribution in [3.05, 3.63) is 47.5 Å². The molecule has 22 heavy (non-hydrogen) atoms. The fourth-order valence-electron chi connectivity index (χ4n) is 2.96. The number of benzene rings is 2. The Kier molecular flexibility index (Phi) is 3.05. The molecule has 4 heteroatoms. The van der Waals surface area contributed by atoms with Crippen LogP contribution >= 0.6 is 11.6 Å². The van der Waals surface area contributed by atoms with Crippen molar-refractivity contribution < 1.29 is 0 Å². The van der Waals surface area contributed by atoms with Gasteiger partial charge in [0.2, 0.25) is 0 Å². The van der Waals surface area contributed by atoms with Gasteiger partial charge in [-0.25, -0.2) is 9.97 Å². The number of hydrogen-bond donors (Lipinski definition) is 0. The van der Waals surface area contributed by atoms with Crippen LogP contribution in [-0.4, -0.2) is 14.5 Å². The van der Waals surface area contributed by atoms with E-state index < -0.39 is 0 Å². The summed E-state index contributed by atoms with van der Waals surface area (Å²) in [5.74, 6) is 0.530. The maximum Gasteiger partial charge on any atom is 0.160 e. The smallest absolute Gasteiger partial charge is 0.160 e. The molecule has 0 N–H and O–H groups in total. The third-order valence-electron chi connectivity index (χ3n) is 3.86. The first-order valence-electron chi connectivity index (χ1n) is 7.48. The van der Waals surface area contributed by atoms with E-state index in [1.165, 1.54) is 0 Å². The van der Waals surface area contributed by atoms with E-state index in [2.05, 4.69) is 24.5 Å². The Bertz CT molecular complexity index is 1000. The minimum absolute atomic E-state index is 0.530. The van der Waals surface area contributed by atoms with Crippen LogP contribution in [-0.2, 0) is 6.54 Å². The summed E-state index contributed by atoms with van der Waals surface area (Å²) in [5.41, 5.74) is 4.84. The summed E-state index contributed by atoms with van der Waals surface area (Å²) in [7, 11) is 0. The SMILES string of the molecule is CC(C)Cn1c2ccc(Cl)cc2c2nc3ccccc3nc21. The predicted octanol–water partition coefficient (Wildman–Crippen LogP) is 5.05. The van der Waals surface area contributed by atoms with Crippen LogP contribution in [0.15, 0.2) is 42.5 Å². The largest absolute Gasteiger partial charge is 0.324 e. The van der Waals surface area contributed by atoms with Gasteiger partial charge in [0.15, 0.2) is 5.65 Å². The Labute approximate surface area is 133 Å². The van der Waals surface area contributed by atoms with Crippen molar-refractivity contribution in [3.63, 3.8) is 0 Å². The van der Waals surface area contributed by atoms with Gasteiger partial charge in [-0.1, -0.05) is 37.6 Å². The number of fused-ring (bicyclic) bond motifs is 4. The van der Waals surface area contributed by atoms with Gasteiger partial charge >= 0.3 is 0 Å². The standard InChI is InChI=1S/C18H16ClN3/c1-11(2)10-22-16-8-7-12(19)9-13(16)17-18(22)21-15-6-4-3-5-14(15)20-17/h3-9,11H,10H2,1-2H3. The molecule has 2 aromatic carbocycles. The lowest BCUT2D eigenvalue weighted by atomic mass is 10.2. The Morgan fingerprint density at radius 1 is 1.05 bits per heavy atom. The Balaban J connectivity index is 2.18. The molecule has 0 aliphatic heterocycles. The zero-order chi connectivity index (χ0) is 15.3. The zero-order valence-corrected chi connectivity index (χ0v) is 13.3. The van der Waals surface area contributed by atoms with E-state index in [-0.39, 0.29) is 0 Å². The van der Waals surface area contributed by atoms with Gasteiger partial charge in [0.05, 0.1) is 16.6 Å². The molecule has 0 amide bonds. The number of nitrogens with zero attached hydrogens (tertiary/aromatic N) is 3. The molecule has 4 rings (SSSR count). The van der Waals surface area contributed by atoms with Crippen LogP contribution < -0.4 is 0 Å². The first-order chi connectivity index (χ1) is 10.6. The number of hydrogen-bond acceptors (Lipinski definition) is 2. The molecule has 0 aliphatic rings. The van der Waals surface area contributed by atoms with Crippen molar-refractivity contribution in [2.24, 2.45) is 5.92 Å². The lowest BCUT2D eigenvalue weighted by Gasteiger charge is -2.09. The molecule has 4 aromatic rings. The van der Waals surface area contributed by atoms with E-state index in [0.29, 0.717) is 5.92 Å². The van der Waals surface area contributed by atoms with Crippen LogP contribution in [0.5, 0.6) is 0 Å². The van der Waals surface area contributed by atoms with E-state index in [1.54, 1.807) is 0 Å². The molecule has 0 radical (unpaired) electrons. The molecule has 0 fully saturated rings. The van der Waals surface area contributed by atoms with Gasteiger partial charge in [0.1, 0.15) is 5.52 Å². The minimum atomic E-state index is 0.530. The monoisotopic (exact) mass is 309 g/mol. The van der Waals surface area contributed by atoms with Crippen molar-refractivity contribution >= 4 is 44.7 Å². The van der Waals surface area contributed by atoms with Crippen molar-refractivity contribution in [3.8, 4) is 0 Å². The van der Waals surface area contributed by atoms with Gasteiger partial charge in [-0.05, 0) is 36.2 Å². The highest BCUT2D eigenvalue weighted by atomic mass is 35.5. The molecule has 2 aromatic heterocycles. The van der Waals surface area contributed by atoms with Gasteiger partial charge in [0.25, 0.3) is 0 Å². The first kappa shape index (κ1) is 13.5. The summed E-state index contributed by atoms with van der Waals surface area (Å²) in [4.78, 5) is 9.69. The molecule has 0 bridgehead atoms. The number of halogens is 1. The maximum absolute atomic E-state index is 6.19. The molecule has 0 saturated carbocycles. The molecule has 110 valence electrons. The van der Waals surface area contributed by atoms with E-state index >= 15 is 0 Å². The average Bonchev–Trinajstić information content (AvgIpc) is 2.78. The third kappa shape index (κ3) is 2.04. The summed E-state index contributed by atoms with van der Waals surface area (Å²) in [5, 5.41) is 1.80. The predicted molar refractivity (Wildman–Crippen MR) is 92.4 cm³/mol.